The lowest BCUT2D eigenvalue weighted by Gasteiger charge is -2.20. The highest BCUT2D eigenvalue weighted by Gasteiger charge is 2.26. The summed E-state index contributed by atoms with van der Waals surface area (Å²) in [4.78, 5) is 8.24. The van der Waals surface area contributed by atoms with Crippen LogP contribution in [0.4, 0.5) is 0 Å². The lowest BCUT2D eigenvalue weighted by Crippen LogP contribution is -2.35. The van der Waals surface area contributed by atoms with Crippen LogP contribution in [-0.2, 0) is 0 Å². The largest absolute Gasteiger partial charge is 0.394 e. The van der Waals surface area contributed by atoms with Crippen LogP contribution in [-0.4, -0.2) is 49.2 Å². The van der Waals surface area contributed by atoms with Gasteiger partial charge < -0.3 is 20.4 Å². The van der Waals surface area contributed by atoms with E-state index in [1.54, 1.807) is 18.2 Å². The smallest absolute Gasteiger partial charge is 0.126 e. The van der Waals surface area contributed by atoms with Gasteiger partial charge in [-0.05, 0) is 12.1 Å². The number of fused-ring (bicyclic) bond motifs is 1. The number of aliphatic hydroxyl groups is 4. The molecule has 0 saturated heterocycles. The Morgan fingerprint density at radius 2 is 1.72 bits per heavy atom. The molecule has 0 aliphatic carbocycles. The molecule has 0 saturated carbocycles. The number of aromatic nitrogens is 2. The third kappa shape index (κ3) is 2.46. The molecule has 0 spiro atoms. The minimum atomic E-state index is -1.51. The van der Waals surface area contributed by atoms with Gasteiger partial charge in [-0.3, -0.25) is 4.98 Å². The molecule has 18 heavy (non-hydrogen) atoms. The summed E-state index contributed by atoms with van der Waals surface area (Å²) in [5.41, 5.74) is 1.40. The summed E-state index contributed by atoms with van der Waals surface area (Å²) in [6.07, 6.45) is -3.00. The number of hydrogen-bond acceptors (Lipinski definition) is 6. The zero-order valence-electron chi connectivity index (χ0n) is 9.51. The van der Waals surface area contributed by atoms with Crippen LogP contribution in [0.25, 0.3) is 11.0 Å². The van der Waals surface area contributed by atoms with E-state index in [1.807, 2.05) is 6.07 Å². The summed E-state index contributed by atoms with van der Waals surface area (Å²) in [6, 6.07) is 7.11. The molecular formula is C12H14N2O4. The van der Waals surface area contributed by atoms with E-state index in [-0.39, 0.29) is 5.69 Å². The maximum absolute atomic E-state index is 9.83. The maximum atomic E-state index is 9.83. The van der Waals surface area contributed by atoms with Crippen molar-refractivity contribution < 1.29 is 20.4 Å². The van der Waals surface area contributed by atoms with Crippen molar-refractivity contribution in [1.29, 1.82) is 0 Å². The molecule has 6 nitrogen and oxygen atoms in total. The normalized spacial score (nSPS) is 16.4. The second-order valence-corrected chi connectivity index (χ2v) is 3.97. The molecule has 4 N–H and O–H groups in total. The average molecular weight is 250 g/mol. The first-order valence-corrected chi connectivity index (χ1v) is 5.50. The number of rotatable bonds is 4. The second-order valence-electron chi connectivity index (χ2n) is 3.97. The highest BCUT2D eigenvalue weighted by molar-refractivity contribution is 5.73. The molecule has 1 aromatic heterocycles. The van der Waals surface area contributed by atoms with Crippen LogP contribution in [0.1, 0.15) is 11.8 Å². The highest BCUT2D eigenvalue weighted by Crippen LogP contribution is 2.18. The maximum Gasteiger partial charge on any atom is 0.126 e. The van der Waals surface area contributed by atoms with Crippen LogP contribution in [0.3, 0.4) is 0 Å². The molecule has 0 aliphatic rings. The SMILES string of the molecule is OC[C@H](O)[C@H](O)[C@H](O)c1cnc2ccccc2n1. The minimum absolute atomic E-state index is 0.147. The molecule has 3 atom stereocenters. The van der Waals surface area contributed by atoms with Crippen LogP contribution in [0, 0.1) is 0 Å². The lowest BCUT2D eigenvalue weighted by molar-refractivity contribution is -0.0789. The molecule has 0 radical (unpaired) electrons. The molecule has 6 heteroatoms. The van der Waals surface area contributed by atoms with Gasteiger partial charge in [0.2, 0.25) is 0 Å². The van der Waals surface area contributed by atoms with E-state index in [1.165, 1.54) is 6.20 Å². The molecule has 2 aromatic rings. The Morgan fingerprint density at radius 3 is 2.39 bits per heavy atom. The summed E-state index contributed by atoms with van der Waals surface area (Å²) in [6.45, 7) is -0.640. The third-order valence-electron chi connectivity index (χ3n) is 2.67. The summed E-state index contributed by atoms with van der Waals surface area (Å²) in [5, 5.41) is 37.4. The fraction of sp³-hybridized carbons (Fsp3) is 0.333. The van der Waals surface area contributed by atoms with E-state index in [4.69, 9.17) is 5.11 Å². The van der Waals surface area contributed by atoms with Gasteiger partial charge in [0.1, 0.15) is 18.3 Å². The molecule has 0 amide bonds. The monoisotopic (exact) mass is 250 g/mol. The molecule has 1 heterocycles. The second kappa shape index (κ2) is 5.36. The summed E-state index contributed by atoms with van der Waals surface area (Å²) >= 11 is 0. The van der Waals surface area contributed by atoms with E-state index in [9.17, 15) is 15.3 Å². The summed E-state index contributed by atoms with van der Waals surface area (Å²) < 4.78 is 0. The number of aliphatic hydroxyl groups excluding tert-OH is 4. The van der Waals surface area contributed by atoms with Crippen LogP contribution in [0.2, 0.25) is 0 Å². The van der Waals surface area contributed by atoms with Crippen molar-refractivity contribution in [3.8, 4) is 0 Å². The van der Waals surface area contributed by atoms with Gasteiger partial charge in [-0.25, -0.2) is 4.98 Å². The van der Waals surface area contributed by atoms with E-state index in [2.05, 4.69) is 9.97 Å². The predicted octanol–water partition coefficient (Wildman–Crippen LogP) is -0.623. The molecule has 96 valence electrons. The van der Waals surface area contributed by atoms with Crippen LogP contribution in [0.5, 0.6) is 0 Å². The Balaban J connectivity index is 2.30. The minimum Gasteiger partial charge on any atom is -0.394 e. The van der Waals surface area contributed by atoms with Crippen molar-refractivity contribution >= 4 is 11.0 Å². The molecule has 0 unspecified atom stereocenters. The number of para-hydroxylation sites is 2. The fourth-order valence-corrected chi connectivity index (χ4v) is 1.61. The van der Waals surface area contributed by atoms with Crippen molar-refractivity contribution in [2.24, 2.45) is 0 Å². The van der Waals surface area contributed by atoms with Gasteiger partial charge in [0.25, 0.3) is 0 Å². The van der Waals surface area contributed by atoms with Gasteiger partial charge in [-0.1, -0.05) is 12.1 Å². The molecule has 2 rings (SSSR count). The lowest BCUT2D eigenvalue weighted by atomic mass is 10.1. The molecular weight excluding hydrogens is 236 g/mol. The van der Waals surface area contributed by atoms with Gasteiger partial charge in [-0.15, -0.1) is 0 Å². The van der Waals surface area contributed by atoms with E-state index < -0.39 is 24.9 Å². The topological polar surface area (TPSA) is 107 Å². The van der Waals surface area contributed by atoms with E-state index >= 15 is 0 Å². The fourth-order valence-electron chi connectivity index (χ4n) is 1.61. The average Bonchev–Trinajstić information content (AvgIpc) is 2.44. The Hall–Kier alpha value is -1.60. The number of nitrogens with zero attached hydrogens (tertiary/aromatic N) is 2. The van der Waals surface area contributed by atoms with Crippen molar-refractivity contribution in [3.63, 3.8) is 0 Å². The Bertz CT molecular complexity index is 534. The van der Waals surface area contributed by atoms with Gasteiger partial charge in [-0.2, -0.15) is 0 Å². The number of benzene rings is 1. The Kier molecular flexibility index (Phi) is 3.83. The van der Waals surface area contributed by atoms with Crippen molar-refractivity contribution in [1.82, 2.24) is 9.97 Å². The zero-order valence-corrected chi connectivity index (χ0v) is 9.51. The first-order valence-electron chi connectivity index (χ1n) is 5.50. The first-order chi connectivity index (χ1) is 8.63. The third-order valence-corrected chi connectivity index (χ3v) is 2.67. The van der Waals surface area contributed by atoms with Crippen LogP contribution >= 0.6 is 0 Å². The van der Waals surface area contributed by atoms with Gasteiger partial charge >= 0.3 is 0 Å². The van der Waals surface area contributed by atoms with Crippen LogP contribution in [0.15, 0.2) is 30.5 Å². The zero-order chi connectivity index (χ0) is 13.1. The van der Waals surface area contributed by atoms with Gasteiger partial charge in [0.05, 0.1) is 29.5 Å². The number of hydrogen-bond donors (Lipinski definition) is 4. The van der Waals surface area contributed by atoms with Crippen LogP contribution < -0.4 is 0 Å². The van der Waals surface area contributed by atoms with E-state index in [0.717, 1.165) is 0 Å². The Morgan fingerprint density at radius 1 is 1.06 bits per heavy atom. The van der Waals surface area contributed by atoms with Gasteiger partial charge in [0.15, 0.2) is 0 Å². The molecule has 0 bridgehead atoms. The summed E-state index contributed by atoms with van der Waals surface area (Å²) in [7, 11) is 0. The van der Waals surface area contributed by atoms with E-state index in [0.29, 0.717) is 11.0 Å². The van der Waals surface area contributed by atoms with Crippen molar-refractivity contribution in [2.75, 3.05) is 6.61 Å². The highest BCUT2D eigenvalue weighted by atomic mass is 16.4. The van der Waals surface area contributed by atoms with Crippen molar-refractivity contribution in [2.45, 2.75) is 18.3 Å². The van der Waals surface area contributed by atoms with Crippen molar-refractivity contribution in [3.05, 3.63) is 36.2 Å². The summed E-state index contributed by atoms with van der Waals surface area (Å²) in [5.74, 6) is 0. The predicted molar refractivity (Wildman–Crippen MR) is 63.6 cm³/mol. The molecule has 0 aliphatic heterocycles. The quantitative estimate of drug-likeness (QED) is 0.576. The van der Waals surface area contributed by atoms with Gasteiger partial charge in [0, 0.05) is 0 Å². The first kappa shape index (κ1) is 12.8. The molecule has 0 fully saturated rings. The Labute approximate surface area is 103 Å². The standard InChI is InChI=1S/C12H14N2O4/c15-6-10(16)12(18)11(17)9-5-13-7-3-1-2-4-8(7)14-9/h1-5,10-12,15-18H,6H2/t10-,11+,12-/m0/s1. The molecule has 1 aromatic carbocycles.